The van der Waals surface area contributed by atoms with Crippen LogP contribution in [0.2, 0.25) is 0 Å². The van der Waals surface area contributed by atoms with Crippen molar-refractivity contribution in [3.05, 3.63) is 35.6 Å². The Kier molecular flexibility index (Phi) is 6.18. The van der Waals surface area contributed by atoms with Gasteiger partial charge >= 0.3 is 0 Å². The van der Waals surface area contributed by atoms with Crippen molar-refractivity contribution in [1.82, 2.24) is 5.32 Å². The molecule has 1 unspecified atom stereocenters. The summed E-state index contributed by atoms with van der Waals surface area (Å²) in [4.78, 5) is 11.8. The molecule has 2 rings (SSSR count). The first-order valence-corrected chi connectivity index (χ1v) is 7.85. The van der Waals surface area contributed by atoms with Crippen molar-refractivity contribution in [2.45, 2.75) is 51.0 Å². The van der Waals surface area contributed by atoms with E-state index >= 15 is 0 Å². The summed E-state index contributed by atoms with van der Waals surface area (Å²) in [5, 5.41) is 12.8. The topological polar surface area (TPSA) is 49.3 Å². The molecule has 0 bridgehead atoms. The molecule has 1 aliphatic rings. The molecule has 1 saturated carbocycles. The van der Waals surface area contributed by atoms with Gasteiger partial charge in [0.15, 0.2) is 0 Å². The van der Waals surface area contributed by atoms with E-state index in [1.807, 2.05) is 0 Å². The van der Waals surface area contributed by atoms with Crippen LogP contribution < -0.4 is 5.32 Å². The maximum Gasteiger partial charge on any atom is 0.220 e. The molecule has 0 heterocycles. The summed E-state index contributed by atoms with van der Waals surface area (Å²) in [5.74, 6) is -0.0914. The standard InChI is InChI=1S/C17H24FNO2/c18-15-9-5-4-6-13(15)10-11-17(21)19-12-16(20)14-7-2-1-3-8-14/h4-6,9,14,16,20H,1-3,7-8,10-12H2,(H,19,21). The highest BCUT2D eigenvalue weighted by Crippen LogP contribution is 2.26. The number of nitrogens with one attached hydrogen (secondary N) is 1. The van der Waals surface area contributed by atoms with Gasteiger partial charge in [-0.3, -0.25) is 4.79 Å². The maximum absolute atomic E-state index is 13.4. The Bertz CT molecular complexity index is 458. The maximum atomic E-state index is 13.4. The van der Waals surface area contributed by atoms with E-state index in [1.165, 1.54) is 25.3 Å². The Morgan fingerprint density at radius 3 is 2.71 bits per heavy atom. The van der Waals surface area contributed by atoms with Crippen molar-refractivity contribution in [2.75, 3.05) is 6.54 Å². The Balaban J connectivity index is 1.68. The first-order chi connectivity index (χ1) is 10.2. The van der Waals surface area contributed by atoms with Gasteiger partial charge in [-0.2, -0.15) is 0 Å². The number of aliphatic hydroxyl groups excluding tert-OH is 1. The first-order valence-electron chi connectivity index (χ1n) is 7.85. The van der Waals surface area contributed by atoms with Gasteiger partial charge < -0.3 is 10.4 Å². The van der Waals surface area contributed by atoms with E-state index in [9.17, 15) is 14.3 Å². The van der Waals surface area contributed by atoms with Crippen LogP contribution >= 0.6 is 0 Å². The second kappa shape index (κ2) is 8.13. The van der Waals surface area contributed by atoms with Crippen molar-refractivity contribution in [3.63, 3.8) is 0 Å². The number of carbonyl (C=O) groups excluding carboxylic acids is 1. The Labute approximate surface area is 125 Å². The highest BCUT2D eigenvalue weighted by Gasteiger charge is 2.21. The Hall–Kier alpha value is -1.42. The van der Waals surface area contributed by atoms with Gasteiger partial charge in [0.2, 0.25) is 5.91 Å². The van der Waals surface area contributed by atoms with Crippen LogP contribution in [-0.4, -0.2) is 23.7 Å². The molecule has 1 aliphatic carbocycles. The zero-order valence-electron chi connectivity index (χ0n) is 12.4. The molecule has 0 spiro atoms. The van der Waals surface area contributed by atoms with Gasteiger partial charge in [-0.25, -0.2) is 4.39 Å². The van der Waals surface area contributed by atoms with Crippen LogP contribution in [0.1, 0.15) is 44.1 Å². The molecular formula is C17H24FNO2. The lowest BCUT2D eigenvalue weighted by atomic mass is 9.85. The SMILES string of the molecule is O=C(CCc1ccccc1F)NCC(O)C1CCCCC1. The van der Waals surface area contributed by atoms with E-state index in [0.29, 0.717) is 24.4 Å². The summed E-state index contributed by atoms with van der Waals surface area (Å²) in [5.41, 5.74) is 0.556. The summed E-state index contributed by atoms with van der Waals surface area (Å²) in [6.45, 7) is 0.306. The molecule has 4 heteroatoms. The molecule has 1 aromatic rings. The zero-order valence-corrected chi connectivity index (χ0v) is 12.4. The van der Waals surface area contributed by atoms with Crippen LogP contribution in [0.25, 0.3) is 0 Å². The van der Waals surface area contributed by atoms with E-state index in [2.05, 4.69) is 5.32 Å². The lowest BCUT2D eigenvalue weighted by Crippen LogP contribution is -2.37. The highest BCUT2D eigenvalue weighted by molar-refractivity contribution is 5.76. The summed E-state index contributed by atoms with van der Waals surface area (Å²) in [6.07, 6.45) is 5.86. The van der Waals surface area contributed by atoms with Crippen molar-refractivity contribution >= 4 is 5.91 Å². The van der Waals surface area contributed by atoms with Gasteiger partial charge in [-0.1, -0.05) is 37.5 Å². The van der Waals surface area contributed by atoms with Crippen molar-refractivity contribution in [1.29, 1.82) is 0 Å². The van der Waals surface area contributed by atoms with Gasteiger partial charge in [-0.05, 0) is 36.8 Å². The predicted molar refractivity (Wildman–Crippen MR) is 80.3 cm³/mol. The van der Waals surface area contributed by atoms with Crippen LogP contribution in [0.3, 0.4) is 0 Å². The van der Waals surface area contributed by atoms with Crippen LogP contribution in [0.15, 0.2) is 24.3 Å². The molecule has 0 aromatic heterocycles. The summed E-state index contributed by atoms with van der Waals surface area (Å²) in [6, 6.07) is 6.50. The number of hydrogen-bond donors (Lipinski definition) is 2. The molecule has 2 N–H and O–H groups in total. The first kappa shape index (κ1) is 16.0. The smallest absolute Gasteiger partial charge is 0.220 e. The molecule has 1 amide bonds. The summed E-state index contributed by atoms with van der Waals surface area (Å²) in [7, 11) is 0. The van der Waals surface area contributed by atoms with Gasteiger partial charge in [-0.15, -0.1) is 0 Å². The van der Waals surface area contributed by atoms with Crippen molar-refractivity contribution in [3.8, 4) is 0 Å². The zero-order chi connectivity index (χ0) is 15.1. The Morgan fingerprint density at radius 1 is 1.29 bits per heavy atom. The number of hydrogen-bond acceptors (Lipinski definition) is 2. The van der Waals surface area contributed by atoms with Crippen LogP contribution in [0, 0.1) is 11.7 Å². The normalized spacial score (nSPS) is 17.4. The minimum atomic E-state index is -0.456. The Morgan fingerprint density at radius 2 is 2.00 bits per heavy atom. The minimum absolute atomic E-state index is 0.131. The lowest BCUT2D eigenvalue weighted by Gasteiger charge is -2.26. The number of aryl methyl sites for hydroxylation is 1. The third-order valence-electron chi connectivity index (χ3n) is 4.28. The number of carbonyl (C=O) groups is 1. The van der Waals surface area contributed by atoms with Crippen LogP contribution in [0.5, 0.6) is 0 Å². The average Bonchev–Trinajstić information content (AvgIpc) is 2.52. The highest BCUT2D eigenvalue weighted by atomic mass is 19.1. The average molecular weight is 293 g/mol. The molecule has 3 nitrogen and oxygen atoms in total. The number of rotatable bonds is 6. The molecule has 0 saturated heterocycles. The van der Waals surface area contributed by atoms with E-state index in [-0.39, 0.29) is 18.1 Å². The van der Waals surface area contributed by atoms with Crippen molar-refractivity contribution in [2.24, 2.45) is 5.92 Å². The number of halogens is 1. The van der Waals surface area contributed by atoms with Gasteiger partial charge in [0.05, 0.1) is 6.10 Å². The monoisotopic (exact) mass is 293 g/mol. The van der Waals surface area contributed by atoms with Gasteiger partial charge in [0.1, 0.15) is 5.82 Å². The molecular weight excluding hydrogens is 269 g/mol. The minimum Gasteiger partial charge on any atom is -0.391 e. The predicted octanol–water partition coefficient (Wildman–Crippen LogP) is 2.82. The lowest BCUT2D eigenvalue weighted by molar-refractivity contribution is -0.121. The molecule has 0 radical (unpaired) electrons. The number of benzene rings is 1. The summed E-state index contributed by atoms with van der Waals surface area (Å²) < 4.78 is 13.4. The summed E-state index contributed by atoms with van der Waals surface area (Å²) >= 11 is 0. The third kappa shape index (κ3) is 5.12. The molecule has 1 atom stereocenters. The van der Waals surface area contributed by atoms with E-state index in [1.54, 1.807) is 18.2 Å². The second-order valence-corrected chi connectivity index (χ2v) is 5.86. The number of aliphatic hydroxyl groups is 1. The molecule has 116 valence electrons. The van der Waals surface area contributed by atoms with Gasteiger partial charge in [0, 0.05) is 13.0 Å². The number of amides is 1. The largest absolute Gasteiger partial charge is 0.391 e. The molecule has 1 aromatic carbocycles. The van der Waals surface area contributed by atoms with E-state index in [4.69, 9.17) is 0 Å². The quantitative estimate of drug-likeness (QED) is 0.847. The van der Waals surface area contributed by atoms with E-state index in [0.717, 1.165) is 12.8 Å². The van der Waals surface area contributed by atoms with Gasteiger partial charge in [0.25, 0.3) is 0 Å². The third-order valence-corrected chi connectivity index (χ3v) is 4.28. The van der Waals surface area contributed by atoms with Crippen LogP contribution in [0.4, 0.5) is 4.39 Å². The van der Waals surface area contributed by atoms with Crippen molar-refractivity contribution < 1.29 is 14.3 Å². The van der Waals surface area contributed by atoms with E-state index < -0.39 is 6.10 Å². The second-order valence-electron chi connectivity index (χ2n) is 5.86. The fraction of sp³-hybridized carbons (Fsp3) is 0.588. The van der Waals surface area contributed by atoms with Crippen LogP contribution in [-0.2, 0) is 11.2 Å². The molecule has 0 aliphatic heterocycles. The fourth-order valence-electron chi connectivity index (χ4n) is 2.94. The molecule has 1 fully saturated rings. The fourth-order valence-corrected chi connectivity index (χ4v) is 2.94. The molecule has 21 heavy (non-hydrogen) atoms.